The Morgan fingerprint density at radius 1 is 1.64 bits per heavy atom. The van der Waals surface area contributed by atoms with Gasteiger partial charge in [-0.1, -0.05) is 6.07 Å². The average Bonchev–Trinajstić information content (AvgIpc) is 2.30. The molecule has 0 fully saturated rings. The Morgan fingerprint density at radius 3 is 3.18 bits per heavy atom. The molecule has 11 heavy (non-hydrogen) atoms. The Hall–Kier alpha value is -0.930. The number of nitrogens with two attached hydrogens (primary N) is 1. The number of aliphatic hydroxyl groups excluding tert-OH is 1. The zero-order valence-electron chi connectivity index (χ0n) is 6.07. The molecule has 0 saturated heterocycles. The highest BCUT2D eigenvalue weighted by Gasteiger charge is 2.28. The van der Waals surface area contributed by atoms with Gasteiger partial charge >= 0.3 is 0 Å². The first-order valence-corrected chi connectivity index (χ1v) is 3.66. The van der Waals surface area contributed by atoms with Crippen LogP contribution in [-0.4, -0.2) is 16.2 Å². The van der Waals surface area contributed by atoms with E-state index in [2.05, 4.69) is 4.98 Å². The van der Waals surface area contributed by atoms with Gasteiger partial charge in [0.15, 0.2) is 0 Å². The summed E-state index contributed by atoms with van der Waals surface area (Å²) < 4.78 is 0. The van der Waals surface area contributed by atoms with Crippen LogP contribution in [-0.2, 0) is 6.42 Å². The standard InChI is InChI=1S/C8H10N2O/c9-8-5-2-1-3-10-6(5)4-7(8)11/h1-3,7-8,11H,4,9H2. The number of aromatic nitrogens is 1. The number of nitrogens with zero attached hydrogens (tertiary/aromatic N) is 1. The van der Waals surface area contributed by atoms with Gasteiger partial charge in [0.05, 0.1) is 12.1 Å². The third-order valence-electron chi connectivity index (χ3n) is 2.10. The summed E-state index contributed by atoms with van der Waals surface area (Å²) in [5, 5.41) is 9.35. The van der Waals surface area contributed by atoms with E-state index in [1.165, 1.54) is 0 Å². The molecule has 3 N–H and O–H groups in total. The molecule has 0 amide bonds. The molecule has 2 rings (SSSR count). The number of hydrogen-bond donors (Lipinski definition) is 2. The van der Waals surface area contributed by atoms with E-state index in [1.807, 2.05) is 12.1 Å². The maximum atomic E-state index is 9.35. The van der Waals surface area contributed by atoms with Gasteiger partial charge in [-0.2, -0.15) is 0 Å². The second kappa shape index (κ2) is 2.29. The molecule has 3 heteroatoms. The predicted molar refractivity (Wildman–Crippen MR) is 40.9 cm³/mol. The van der Waals surface area contributed by atoms with Crippen molar-refractivity contribution in [2.24, 2.45) is 5.73 Å². The molecule has 1 aliphatic rings. The molecule has 0 bridgehead atoms. The molecule has 58 valence electrons. The molecule has 2 atom stereocenters. The molecule has 2 unspecified atom stereocenters. The molecule has 1 aliphatic carbocycles. The molecule has 0 spiro atoms. The molecule has 0 aliphatic heterocycles. The fraction of sp³-hybridized carbons (Fsp3) is 0.375. The molecule has 1 aromatic heterocycles. The highest BCUT2D eigenvalue weighted by molar-refractivity contribution is 5.30. The van der Waals surface area contributed by atoms with E-state index in [4.69, 9.17) is 5.73 Å². The van der Waals surface area contributed by atoms with Crippen molar-refractivity contribution in [2.75, 3.05) is 0 Å². The van der Waals surface area contributed by atoms with Crippen molar-refractivity contribution in [1.29, 1.82) is 0 Å². The van der Waals surface area contributed by atoms with E-state index >= 15 is 0 Å². The number of fused-ring (bicyclic) bond motifs is 1. The van der Waals surface area contributed by atoms with Crippen LogP contribution in [0.1, 0.15) is 17.3 Å². The van der Waals surface area contributed by atoms with Crippen LogP contribution < -0.4 is 5.73 Å². The molecule has 0 radical (unpaired) electrons. The maximum Gasteiger partial charge on any atom is 0.0788 e. The van der Waals surface area contributed by atoms with Gasteiger partial charge in [-0.15, -0.1) is 0 Å². The Bertz CT molecular complexity index is 275. The van der Waals surface area contributed by atoms with E-state index in [-0.39, 0.29) is 6.04 Å². The van der Waals surface area contributed by atoms with Crippen LogP contribution in [0, 0.1) is 0 Å². The lowest BCUT2D eigenvalue weighted by Crippen LogP contribution is -2.21. The zero-order valence-corrected chi connectivity index (χ0v) is 6.07. The topological polar surface area (TPSA) is 59.1 Å². The highest BCUT2D eigenvalue weighted by Crippen LogP contribution is 2.26. The van der Waals surface area contributed by atoms with E-state index in [0.717, 1.165) is 11.3 Å². The SMILES string of the molecule is NC1c2cccnc2CC1O. The first kappa shape index (κ1) is 6.76. The fourth-order valence-corrected chi connectivity index (χ4v) is 1.46. The molecule has 1 heterocycles. The van der Waals surface area contributed by atoms with E-state index < -0.39 is 6.10 Å². The van der Waals surface area contributed by atoms with Crippen molar-refractivity contribution in [3.05, 3.63) is 29.6 Å². The minimum absolute atomic E-state index is 0.237. The van der Waals surface area contributed by atoms with Gasteiger partial charge in [-0.3, -0.25) is 4.98 Å². The Kier molecular flexibility index (Phi) is 1.41. The van der Waals surface area contributed by atoms with Crippen molar-refractivity contribution >= 4 is 0 Å². The molecular weight excluding hydrogens is 140 g/mol. The van der Waals surface area contributed by atoms with Gasteiger partial charge in [0.1, 0.15) is 0 Å². The molecular formula is C8H10N2O. The molecule has 0 aromatic carbocycles. The second-order valence-electron chi connectivity index (χ2n) is 2.84. The van der Waals surface area contributed by atoms with Crippen LogP contribution in [0.4, 0.5) is 0 Å². The van der Waals surface area contributed by atoms with Gasteiger partial charge in [0.2, 0.25) is 0 Å². The molecule has 1 aromatic rings. The van der Waals surface area contributed by atoms with Crippen molar-refractivity contribution in [3.63, 3.8) is 0 Å². The number of aliphatic hydroxyl groups is 1. The highest BCUT2D eigenvalue weighted by atomic mass is 16.3. The van der Waals surface area contributed by atoms with Crippen molar-refractivity contribution in [3.8, 4) is 0 Å². The first-order chi connectivity index (χ1) is 5.29. The smallest absolute Gasteiger partial charge is 0.0788 e. The van der Waals surface area contributed by atoms with Gasteiger partial charge in [0.25, 0.3) is 0 Å². The Labute approximate surface area is 64.9 Å². The largest absolute Gasteiger partial charge is 0.391 e. The number of rotatable bonds is 0. The first-order valence-electron chi connectivity index (χ1n) is 3.66. The van der Waals surface area contributed by atoms with Crippen LogP contribution in [0.3, 0.4) is 0 Å². The lowest BCUT2D eigenvalue weighted by Gasteiger charge is -2.07. The predicted octanol–water partition coefficient (Wildman–Crippen LogP) is -0.00160. The third-order valence-corrected chi connectivity index (χ3v) is 2.10. The quantitative estimate of drug-likeness (QED) is 0.547. The summed E-state index contributed by atoms with van der Waals surface area (Å²) in [4.78, 5) is 4.12. The fourth-order valence-electron chi connectivity index (χ4n) is 1.46. The normalized spacial score (nSPS) is 28.5. The zero-order chi connectivity index (χ0) is 7.84. The van der Waals surface area contributed by atoms with E-state index in [9.17, 15) is 5.11 Å². The minimum Gasteiger partial charge on any atom is -0.391 e. The molecule has 0 saturated carbocycles. The lowest BCUT2D eigenvalue weighted by molar-refractivity contribution is 0.158. The van der Waals surface area contributed by atoms with Crippen LogP contribution in [0.2, 0.25) is 0 Å². The van der Waals surface area contributed by atoms with Gasteiger partial charge in [-0.05, 0) is 11.6 Å². The maximum absolute atomic E-state index is 9.35. The number of hydrogen-bond acceptors (Lipinski definition) is 3. The number of pyridine rings is 1. The lowest BCUT2D eigenvalue weighted by atomic mass is 10.1. The van der Waals surface area contributed by atoms with Crippen molar-refractivity contribution in [1.82, 2.24) is 4.98 Å². The minimum atomic E-state index is -0.445. The van der Waals surface area contributed by atoms with Crippen LogP contribution in [0.15, 0.2) is 18.3 Å². The summed E-state index contributed by atoms with van der Waals surface area (Å²) >= 11 is 0. The summed E-state index contributed by atoms with van der Waals surface area (Å²) in [6.07, 6.45) is 1.88. The van der Waals surface area contributed by atoms with Gasteiger partial charge in [0, 0.05) is 18.3 Å². The van der Waals surface area contributed by atoms with Gasteiger partial charge < -0.3 is 10.8 Å². The van der Waals surface area contributed by atoms with E-state index in [1.54, 1.807) is 6.20 Å². The van der Waals surface area contributed by atoms with Crippen molar-refractivity contribution < 1.29 is 5.11 Å². The summed E-state index contributed by atoms with van der Waals surface area (Å²) in [5.74, 6) is 0. The Morgan fingerprint density at radius 2 is 2.45 bits per heavy atom. The van der Waals surface area contributed by atoms with Crippen molar-refractivity contribution in [2.45, 2.75) is 18.6 Å². The van der Waals surface area contributed by atoms with Crippen LogP contribution in [0.5, 0.6) is 0 Å². The van der Waals surface area contributed by atoms with E-state index in [0.29, 0.717) is 6.42 Å². The van der Waals surface area contributed by atoms with Crippen LogP contribution >= 0.6 is 0 Å². The average molecular weight is 150 g/mol. The summed E-state index contributed by atoms with van der Waals surface area (Å²) in [6.45, 7) is 0. The third kappa shape index (κ3) is 0.931. The van der Waals surface area contributed by atoms with Gasteiger partial charge in [-0.25, -0.2) is 0 Å². The van der Waals surface area contributed by atoms with Crippen LogP contribution in [0.25, 0.3) is 0 Å². The molecule has 3 nitrogen and oxygen atoms in total. The Balaban J connectivity index is 2.47. The summed E-state index contributed by atoms with van der Waals surface area (Å²) in [5.41, 5.74) is 7.62. The summed E-state index contributed by atoms with van der Waals surface area (Å²) in [6, 6.07) is 3.53. The summed E-state index contributed by atoms with van der Waals surface area (Å²) in [7, 11) is 0. The second-order valence-corrected chi connectivity index (χ2v) is 2.84. The monoisotopic (exact) mass is 150 g/mol.